The number of piperazine rings is 1. The van der Waals surface area contributed by atoms with Crippen molar-refractivity contribution in [2.75, 3.05) is 40.4 Å². The Labute approximate surface area is 154 Å². The first-order valence-electron chi connectivity index (χ1n) is 8.58. The molecule has 4 nitrogen and oxygen atoms in total. The van der Waals surface area contributed by atoms with E-state index in [1.807, 2.05) is 30.3 Å². The Hall–Kier alpha value is -1.75. The average molecular weight is 361 g/mol. The van der Waals surface area contributed by atoms with Gasteiger partial charge in [-0.2, -0.15) is 0 Å². The molecule has 2 aromatic carbocycles. The van der Waals surface area contributed by atoms with Crippen LogP contribution < -0.4 is 9.47 Å². The molecule has 2 aromatic rings. The highest BCUT2D eigenvalue weighted by Gasteiger charge is 2.19. The van der Waals surface area contributed by atoms with E-state index in [9.17, 15) is 0 Å². The zero-order chi connectivity index (χ0) is 17.6. The Kier molecular flexibility index (Phi) is 6.19. The summed E-state index contributed by atoms with van der Waals surface area (Å²) in [6, 6.07) is 14.1. The molecule has 3 rings (SSSR count). The van der Waals surface area contributed by atoms with Crippen molar-refractivity contribution in [1.29, 1.82) is 0 Å². The van der Waals surface area contributed by atoms with E-state index in [4.69, 9.17) is 21.1 Å². The van der Waals surface area contributed by atoms with Gasteiger partial charge in [0.25, 0.3) is 0 Å². The number of benzene rings is 2. The van der Waals surface area contributed by atoms with Crippen LogP contribution in [-0.2, 0) is 13.1 Å². The number of methoxy groups -OCH3 is 2. The largest absolute Gasteiger partial charge is 0.497 e. The molecule has 0 aromatic heterocycles. The zero-order valence-electron chi connectivity index (χ0n) is 14.9. The first-order valence-corrected chi connectivity index (χ1v) is 8.96. The highest BCUT2D eigenvalue weighted by atomic mass is 35.5. The van der Waals surface area contributed by atoms with Crippen molar-refractivity contribution in [3.8, 4) is 11.5 Å². The third kappa shape index (κ3) is 4.66. The maximum Gasteiger partial charge on any atom is 0.123 e. The van der Waals surface area contributed by atoms with Crippen LogP contribution in [0.25, 0.3) is 0 Å². The van der Waals surface area contributed by atoms with Gasteiger partial charge in [-0.1, -0.05) is 29.8 Å². The van der Waals surface area contributed by atoms with E-state index in [1.165, 1.54) is 11.1 Å². The minimum Gasteiger partial charge on any atom is -0.497 e. The van der Waals surface area contributed by atoms with Crippen molar-refractivity contribution in [1.82, 2.24) is 9.80 Å². The summed E-state index contributed by atoms with van der Waals surface area (Å²) < 4.78 is 10.8. The van der Waals surface area contributed by atoms with E-state index >= 15 is 0 Å². The number of halogens is 1. The van der Waals surface area contributed by atoms with Crippen molar-refractivity contribution in [3.05, 3.63) is 58.6 Å². The lowest BCUT2D eigenvalue weighted by atomic mass is 10.1. The van der Waals surface area contributed by atoms with Gasteiger partial charge in [0, 0.05) is 49.9 Å². The van der Waals surface area contributed by atoms with Gasteiger partial charge in [0.15, 0.2) is 0 Å². The summed E-state index contributed by atoms with van der Waals surface area (Å²) in [4.78, 5) is 4.92. The third-order valence-electron chi connectivity index (χ3n) is 4.70. The van der Waals surface area contributed by atoms with E-state index in [0.717, 1.165) is 55.8 Å². The highest BCUT2D eigenvalue weighted by Crippen LogP contribution is 2.26. The summed E-state index contributed by atoms with van der Waals surface area (Å²) in [5, 5.41) is 0.853. The molecule has 1 aliphatic rings. The van der Waals surface area contributed by atoms with Crippen LogP contribution in [-0.4, -0.2) is 50.2 Å². The van der Waals surface area contributed by atoms with Crippen molar-refractivity contribution in [2.24, 2.45) is 0 Å². The van der Waals surface area contributed by atoms with Crippen molar-refractivity contribution in [3.63, 3.8) is 0 Å². The molecule has 0 saturated carbocycles. The molecule has 1 heterocycles. The molecular formula is C20H25ClN2O2. The number of nitrogens with zero attached hydrogens (tertiary/aromatic N) is 2. The monoisotopic (exact) mass is 360 g/mol. The first-order chi connectivity index (χ1) is 12.2. The lowest BCUT2D eigenvalue weighted by molar-refractivity contribution is 0.121. The summed E-state index contributed by atoms with van der Waals surface area (Å²) in [6.45, 7) is 5.93. The number of rotatable bonds is 6. The van der Waals surface area contributed by atoms with Crippen LogP contribution in [0.1, 0.15) is 11.1 Å². The second-order valence-corrected chi connectivity index (χ2v) is 6.73. The molecule has 1 saturated heterocycles. The zero-order valence-corrected chi connectivity index (χ0v) is 15.6. The second-order valence-electron chi connectivity index (χ2n) is 6.32. The van der Waals surface area contributed by atoms with Crippen LogP contribution in [0, 0.1) is 0 Å². The van der Waals surface area contributed by atoms with E-state index < -0.39 is 0 Å². The molecule has 0 atom stereocenters. The smallest absolute Gasteiger partial charge is 0.123 e. The second kappa shape index (κ2) is 8.56. The molecule has 0 amide bonds. The lowest BCUT2D eigenvalue weighted by Crippen LogP contribution is -2.45. The molecule has 0 spiro atoms. The summed E-state index contributed by atoms with van der Waals surface area (Å²) >= 11 is 6.28. The van der Waals surface area contributed by atoms with Crippen LogP contribution in [0.2, 0.25) is 5.02 Å². The predicted octanol–water partition coefficient (Wildman–Crippen LogP) is 3.68. The van der Waals surface area contributed by atoms with Gasteiger partial charge in [0.1, 0.15) is 11.5 Å². The Balaban J connectivity index is 1.57. The Bertz CT molecular complexity index is 700. The van der Waals surface area contributed by atoms with Gasteiger partial charge in [0.2, 0.25) is 0 Å². The van der Waals surface area contributed by atoms with E-state index in [2.05, 4.69) is 21.9 Å². The minimum atomic E-state index is 0.853. The first kappa shape index (κ1) is 18.1. The maximum absolute atomic E-state index is 6.28. The maximum atomic E-state index is 6.28. The van der Waals surface area contributed by atoms with Crippen LogP contribution >= 0.6 is 11.6 Å². The Morgan fingerprint density at radius 1 is 0.840 bits per heavy atom. The van der Waals surface area contributed by atoms with E-state index in [-0.39, 0.29) is 0 Å². The summed E-state index contributed by atoms with van der Waals surface area (Å²) in [6.07, 6.45) is 0. The van der Waals surface area contributed by atoms with Crippen LogP contribution in [0.4, 0.5) is 0 Å². The van der Waals surface area contributed by atoms with Gasteiger partial charge >= 0.3 is 0 Å². The normalized spacial score (nSPS) is 16.0. The highest BCUT2D eigenvalue weighted by molar-refractivity contribution is 6.31. The topological polar surface area (TPSA) is 24.9 Å². The van der Waals surface area contributed by atoms with E-state index in [0.29, 0.717) is 0 Å². The van der Waals surface area contributed by atoms with Gasteiger partial charge in [0.05, 0.1) is 14.2 Å². The molecule has 5 heteroatoms. The van der Waals surface area contributed by atoms with Gasteiger partial charge in [-0.15, -0.1) is 0 Å². The molecule has 0 N–H and O–H groups in total. The lowest BCUT2D eigenvalue weighted by Gasteiger charge is -2.35. The number of hydrogen-bond donors (Lipinski definition) is 0. The number of ether oxygens (including phenoxy) is 2. The molecule has 0 bridgehead atoms. The van der Waals surface area contributed by atoms with Crippen molar-refractivity contribution in [2.45, 2.75) is 13.1 Å². The fourth-order valence-corrected chi connectivity index (χ4v) is 3.41. The standard InChI is InChI=1S/C20H25ClN2O2/c1-24-18-7-8-20(25-2)17(13-18)15-23-11-9-22(10-12-23)14-16-5-3-4-6-19(16)21/h3-8,13H,9-12,14-15H2,1-2H3. The van der Waals surface area contributed by atoms with Gasteiger partial charge in [-0.25, -0.2) is 0 Å². The fourth-order valence-electron chi connectivity index (χ4n) is 3.22. The fraction of sp³-hybridized carbons (Fsp3) is 0.400. The summed E-state index contributed by atoms with van der Waals surface area (Å²) in [7, 11) is 3.41. The quantitative estimate of drug-likeness (QED) is 0.784. The predicted molar refractivity (Wildman–Crippen MR) is 102 cm³/mol. The molecule has 134 valence electrons. The Morgan fingerprint density at radius 2 is 1.48 bits per heavy atom. The Morgan fingerprint density at radius 3 is 2.08 bits per heavy atom. The molecular weight excluding hydrogens is 336 g/mol. The SMILES string of the molecule is COc1ccc(OC)c(CN2CCN(Cc3ccccc3Cl)CC2)c1. The third-order valence-corrected chi connectivity index (χ3v) is 5.07. The van der Waals surface area contributed by atoms with Crippen LogP contribution in [0.3, 0.4) is 0 Å². The van der Waals surface area contributed by atoms with Crippen molar-refractivity contribution >= 4 is 11.6 Å². The number of hydrogen-bond acceptors (Lipinski definition) is 4. The van der Waals surface area contributed by atoms with Gasteiger partial charge < -0.3 is 9.47 Å². The molecule has 0 aliphatic carbocycles. The summed E-state index contributed by atoms with van der Waals surface area (Å²) in [5.74, 6) is 1.78. The van der Waals surface area contributed by atoms with Crippen molar-refractivity contribution < 1.29 is 9.47 Å². The molecule has 25 heavy (non-hydrogen) atoms. The van der Waals surface area contributed by atoms with E-state index in [1.54, 1.807) is 14.2 Å². The summed E-state index contributed by atoms with van der Waals surface area (Å²) in [5.41, 5.74) is 2.37. The van der Waals surface area contributed by atoms with Gasteiger partial charge in [-0.3, -0.25) is 9.80 Å². The minimum absolute atomic E-state index is 0.853. The average Bonchev–Trinajstić information content (AvgIpc) is 2.65. The molecule has 1 aliphatic heterocycles. The van der Waals surface area contributed by atoms with Crippen LogP contribution in [0.15, 0.2) is 42.5 Å². The molecule has 0 unspecified atom stereocenters. The van der Waals surface area contributed by atoms with Gasteiger partial charge in [-0.05, 0) is 29.8 Å². The van der Waals surface area contributed by atoms with Crippen LogP contribution in [0.5, 0.6) is 11.5 Å². The molecule has 0 radical (unpaired) electrons. The molecule has 1 fully saturated rings.